The van der Waals surface area contributed by atoms with Crippen LogP contribution in [-0.2, 0) is 4.79 Å². The Labute approximate surface area is 115 Å². The Bertz CT molecular complexity index is 504. The van der Waals surface area contributed by atoms with Crippen LogP contribution >= 0.6 is 21.6 Å². The third-order valence-electron chi connectivity index (χ3n) is 2.61. The average molecular weight is 275 g/mol. The summed E-state index contributed by atoms with van der Waals surface area (Å²) in [6.07, 6.45) is 9.53. The first-order valence-electron chi connectivity index (χ1n) is 5.65. The number of rotatable bonds is 4. The van der Waals surface area contributed by atoms with Gasteiger partial charge in [0.05, 0.1) is 0 Å². The molecule has 0 N–H and O–H groups in total. The van der Waals surface area contributed by atoms with Crippen LogP contribution in [0.3, 0.4) is 0 Å². The fourth-order valence-electron chi connectivity index (χ4n) is 1.65. The van der Waals surface area contributed by atoms with E-state index in [0.29, 0.717) is 5.25 Å². The van der Waals surface area contributed by atoms with E-state index in [2.05, 4.69) is 18.0 Å². The number of carbonyl (C=O) groups excluding carboxylic acids is 1. The van der Waals surface area contributed by atoms with E-state index in [4.69, 9.17) is 0 Å². The maximum atomic E-state index is 10.9. The molecular weight excluding hydrogens is 262 g/mol. The van der Waals surface area contributed by atoms with Crippen LogP contribution in [0.4, 0.5) is 0 Å². The molecule has 1 aliphatic carbocycles. The molecule has 1 aliphatic rings. The highest BCUT2D eigenvalue weighted by atomic mass is 33.1. The molecule has 1 aromatic heterocycles. The minimum atomic E-state index is 0.133. The summed E-state index contributed by atoms with van der Waals surface area (Å²) >= 11 is 0. The molecule has 0 saturated carbocycles. The number of aromatic nitrogens is 1. The Morgan fingerprint density at radius 1 is 1.39 bits per heavy atom. The van der Waals surface area contributed by atoms with Crippen LogP contribution in [-0.4, -0.2) is 16.2 Å². The fraction of sp³-hybridized carbons (Fsp3) is 0.214. The van der Waals surface area contributed by atoms with Crippen LogP contribution < -0.4 is 0 Å². The zero-order valence-corrected chi connectivity index (χ0v) is 11.6. The first kappa shape index (κ1) is 13.2. The highest BCUT2D eigenvalue weighted by molar-refractivity contribution is 8.76. The molecule has 92 valence electrons. The van der Waals surface area contributed by atoms with Gasteiger partial charge in [-0.25, -0.2) is 9.78 Å². The van der Waals surface area contributed by atoms with E-state index in [9.17, 15) is 4.79 Å². The summed E-state index contributed by atoms with van der Waals surface area (Å²) in [5.74, 6) is 2.16. The van der Waals surface area contributed by atoms with Gasteiger partial charge in [-0.05, 0) is 29.0 Å². The van der Waals surface area contributed by atoms with Crippen LogP contribution in [0.2, 0.25) is 0 Å². The second-order valence-corrected chi connectivity index (χ2v) is 6.48. The van der Waals surface area contributed by atoms with Gasteiger partial charge in [0.25, 0.3) is 0 Å². The van der Waals surface area contributed by atoms with Gasteiger partial charge >= 0.3 is 0 Å². The Morgan fingerprint density at radius 2 is 2.28 bits per heavy atom. The SMILES string of the molecule is CC(SSc1ccccn1)C1C=CC=CC1=C=O. The lowest BCUT2D eigenvalue weighted by Gasteiger charge is -2.20. The van der Waals surface area contributed by atoms with E-state index < -0.39 is 0 Å². The zero-order chi connectivity index (χ0) is 12.8. The molecule has 1 heterocycles. The topological polar surface area (TPSA) is 30.0 Å². The summed E-state index contributed by atoms with van der Waals surface area (Å²) in [4.78, 5) is 15.1. The monoisotopic (exact) mass is 275 g/mol. The van der Waals surface area contributed by atoms with Crippen molar-refractivity contribution in [3.63, 3.8) is 0 Å². The normalized spacial score (nSPS) is 19.6. The molecular formula is C14H13NOS2. The highest BCUT2D eigenvalue weighted by Crippen LogP contribution is 2.38. The largest absolute Gasteiger partial charge is 0.249 e. The molecule has 0 amide bonds. The second kappa shape index (κ2) is 6.64. The second-order valence-electron chi connectivity index (χ2n) is 3.88. The van der Waals surface area contributed by atoms with Gasteiger partial charge < -0.3 is 0 Å². The number of pyridine rings is 1. The van der Waals surface area contributed by atoms with Crippen molar-refractivity contribution in [2.24, 2.45) is 5.92 Å². The maximum absolute atomic E-state index is 10.9. The molecule has 2 atom stereocenters. The molecule has 1 aromatic rings. The van der Waals surface area contributed by atoms with Crippen molar-refractivity contribution in [3.05, 3.63) is 54.3 Å². The van der Waals surface area contributed by atoms with Crippen molar-refractivity contribution in [1.82, 2.24) is 4.98 Å². The van der Waals surface area contributed by atoms with Crippen LogP contribution in [0.15, 0.2) is 59.3 Å². The molecule has 2 unspecified atom stereocenters. The first-order valence-corrected chi connectivity index (χ1v) is 7.87. The molecule has 18 heavy (non-hydrogen) atoms. The lowest BCUT2D eigenvalue weighted by molar-refractivity contribution is 0.564. The van der Waals surface area contributed by atoms with Gasteiger partial charge in [0.2, 0.25) is 0 Å². The minimum absolute atomic E-state index is 0.133. The van der Waals surface area contributed by atoms with Gasteiger partial charge in [0.15, 0.2) is 0 Å². The average Bonchev–Trinajstić information content (AvgIpc) is 2.45. The molecule has 0 aliphatic heterocycles. The lowest BCUT2D eigenvalue weighted by Crippen LogP contribution is -2.14. The molecule has 2 nitrogen and oxygen atoms in total. The maximum Gasteiger partial charge on any atom is 0.128 e. The predicted octanol–water partition coefficient (Wildman–Crippen LogP) is 3.71. The molecule has 0 bridgehead atoms. The van der Waals surface area contributed by atoms with Crippen LogP contribution in [0.5, 0.6) is 0 Å². The molecule has 0 fully saturated rings. The predicted molar refractivity (Wildman–Crippen MR) is 78.1 cm³/mol. The van der Waals surface area contributed by atoms with Crippen LogP contribution in [0, 0.1) is 5.92 Å². The van der Waals surface area contributed by atoms with Crippen LogP contribution in [0.1, 0.15) is 6.92 Å². The lowest BCUT2D eigenvalue weighted by atomic mass is 9.93. The quantitative estimate of drug-likeness (QED) is 0.619. The molecule has 0 radical (unpaired) electrons. The number of hydrogen-bond acceptors (Lipinski definition) is 4. The molecule has 0 aromatic carbocycles. The highest BCUT2D eigenvalue weighted by Gasteiger charge is 2.21. The Balaban J connectivity index is 1.96. The summed E-state index contributed by atoms with van der Waals surface area (Å²) in [6, 6.07) is 5.86. The molecule has 0 spiro atoms. The Hall–Kier alpha value is -1.22. The van der Waals surface area contributed by atoms with E-state index in [1.165, 1.54) is 0 Å². The number of allylic oxidation sites excluding steroid dienone is 5. The minimum Gasteiger partial charge on any atom is -0.249 e. The van der Waals surface area contributed by atoms with Gasteiger partial charge in [-0.1, -0.05) is 42.0 Å². The van der Waals surface area contributed by atoms with E-state index in [-0.39, 0.29) is 5.92 Å². The summed E-state index contributed by atoms with van der Waals surface area (Å²) in [6.45, 7) is 2.12. The standard InChI is InChI=1S/C14H13NOS2/c1-11(13-7-3-2-6-12(13)10-16)17-18-14-8-4-5-9-15-14/h2-9,11,13H,1H3. The first-order chi connectivity index (χ1) is 8.81. The van der Waals surface area contributed by atoms with E-state index >= 15 is 0 Å². The van der Waals surface area contributed by atoms with Gasteiger partial charge in [-0.3, -0.25) is 0 Å². The summed E-state index contributed by atoms with van der Waals surface area (Å²) in [7, 11) is 3.36. The molecule has 4 heteroatoms. The molecule has 2 rings (SSSR count). The van der Waals surface area contributed by atoms with E-state index in [1.54, 1.807) is 27.8 Å². The third kappa shape index (κ3) is 3.39. The summed E-state index contributed by atoms with van der Waals surface area (Å²) < 4.78 is 0. The van der Waals surface area contributed by atoms with E-state index in [1.807, 2.05) is 42.4 Å². The zero-order valence-electron chi connectivity index (χ0n) is 9.95. The smallest absolute Gasteiger partial charge is 0.128 e. The fourth-order valence-corrected chi connectivity index (χ4v) is 3.90. The van der Waals surface area contributed by atoms with Gasteiger partial charge in [-0.15, -0.1) is 0 Å². The van der Waals surface area contributed by atoms with Crippen molar-refractivity contribution >= 4 is 27.5 Å². The number of nitrogens with zero attached hydrogens (tertiary/aromatic N) is 1. The third-order valence-corrected chi connectivity index (χ3v) is 5.43. The Kier molecular flexibility index (Phi) is 4.88. The summed E-state index contributed by atoms with van der Waals surface area (Å²) in [5, 5.41) is 1.29. The van der Waals surface area contributed by atoms with Crippen molar-refractivity contribution in [3.8, 4) is 0 Å². The van der Waals surface area contributed by atoms with Gasteiger partial charge in [0.1, 0.15) is 11.0 Å². The Morgan fingerprint density at radius 3 is 3.00 bits per heavy atom. The molecule has 0 saturated heterocycles. The summed E-state index contributed by atoms with van der Waals surface area (Å²) in [5.41, 5.74) is 0.721. The number of hydrogen-bond donors (Lipinski definition) is 0. The van der Waals surface area contributed by atoms with Gasteiger partial charge in [0, 0.05) is 22.9 Å². The van der Waals surface area contributed by atoms with Crippen molar-refractivity contribution in [2.45, 2.75) is 17.2 Å². The van der Waals surface area contributed by atoms with Gasteiger partial charge in [-0.2, -0.15) is 0 Å². The van der Waals surface area contributed by atoms with Crippen LogP contribution in [0.25, 0.3) is 0 Å². The van der Waals surface area contributed by atoms with Crippen molar-refractivity contribution in [1.29, 1.82) is 0 Å². The van der Waals surface area contributed by atoms with Crippen molar-refractivity contribution in [2.75, 3.05) is 0 Å². The van der Waals surface area contributed by atoms with Crippen molar-refractivity contribution < 1.29 is 4.79 Å². The van der Waals surface area contributed by atoms with E-state index in [0.717, 1.165) is 10.6 Å².